The van der Waals surface area contributed by atoms with Gasteiger partial charge in [-0.3, -0.25) is 0 Å². The second kappa shape index (κ2) is 5.06. The summed E-state index contributed by atoms with van der Waals surface area (Å²) in [6.07, 6.45) is 1.55. The van der Waals surface area contributed by atoms with Crippen molar-refractivity contribution in [1.29, 1.82) is 5.26 Å². The molecule has 5 nitrogen and oxygen atoms in total. The van der Waals surface area contributed by atoms with Gasteiger partial charge in [0.1, 0.15) is 0 Å². The van der Waals surface area contributed by atoms with Gasteiger partial charge in [0.15, 0.2) is 0 Å². The minimum absolute atomic E-state index is 0.0596. The maximum atomic E-state index is 12.0. The Hall–Kier alpha value is -1.42. The molecule has 6 heteroatoms. The molecular weight excluding hydrogens is 252 g/mol. The SMILES string of the molecule is COC1CC(NS(=O)(=O)c2ccc(C#N)cc2)C1. The van der Waals surface area contributed by atoms with Gasteiger partial charge in [-0.05, 0) is 37.1 Å². The second-order valence-corrected chi connectivity index (χ2v) is 6.00. The van der Waals surface area contributed by atoms with Crippen molar-refractivity contribution in [2.75, 3.05) is 7.11 Å². The fourth-order valence-electron chi connectivity index (χ4n) is 1.85. The van der Waals surface area contributed by atoms with E-state index in [1.54, 1.807) is 7.11 Å². The molecule has 1 aromatic carbocycles. The molecule has 1 saturated carbocycles. The van der Waals surface area contributed by atoms with Crippen molar-refractivity contribution in [1.82, 2.24) is 4.72 Å². The smallest absolute Gasteiger partial charge is 0.240 e. The van der Waals surface area contributed by atoms with Crippen molar-refractivity contribution in [3.05, 3.63) is 29.8 Å². The summed E-state index contributed by atoms with van der Waals surface area (Å²) in [7, 11) is -1.87. The number of hydrogen-bond donors (Lipinski definition) is 1. The average molecular weight is 266 g/mol. The molecule has 0 aromatic heterocycles. The van der Waals surface area contributed by atoms with E-state index < -0.39 is 10.0 Å². The Kier molecular flexibility index (Phi) is 3.66. The van der Waals surface area contributed by atoms with Crippen molar-refractivity contribution < 1.29 is 13.2 Å². The first-order valence-electron chi connectivity index (χ1n) is 5.60. The van der Waals surface area contributed by atoms with Crippen LogP contribution in [0, 0.1) is 11.3 Å². The lowest BCUT2D eigenvalue weighted by molar-refractivity contribution is 0.0236. The number of rotatable bonds is 4. The number of benzene rings is 1. The number of methoxy groups -OCH3 is 1. The first-order chi connectivity index (χ1) is 8.55. The number of hydrogen-bond acceptors (Lipinski definition) is 4. The molecule has 1 N–H and O–H groups in total. The van der Waals surface area contributed by atoms with Crippen LogP contribution in [0.5, 0.6) is 0 Å². The van der Waals surface area contributed by atoms with E-state index >= 15 is 0 Å². The predicted octanol–water partition coefficient (Wildman–Crippen LogP) is 1.01. The minimum Gasteiger partial charge on any atom is -0.381 e. The third-order valence-corrected chi connectivity index (χ3v) is 4.58. The van der Waals surface area contributed by atoms with E-state index in [4.69, 9.17) is 10.00 Å². The van der Waals surface area contributed by atoms with Crippen LogP contribution in [-0.4, -0.2) is 27.7 Å². The first kappa shape index (κ1) is 13.0. The number of nitrogens with one attached hydrogen (secondary N) is 1. The fourth-order valence-corrected chi connectivity index (χ4v) is 3.11. The van der Waals surface area contributed by atoms with Crippen LogP contribution in [0.2, 0.25) is 0 Å². The van der Waals surface area contributed by atoms with Crippen LogP contribution in [0.1, 0.15) is 18.4 Å². The third-order valence-electron chi connectivity index (χ3n) is 3.04. The number of ether oxygens (including phenoxy) is 1. The van der Waals surface area contributed by atoms with Gasteiger partial charge in [0.25, 0.3) is 0 Å². The van der Waals surface area contributed by atoms with Crippen molar-refractivity contribution in [3.63, 3.8) is 0 Å². The minimum atomic E-state index is -3.49. The van der Waals surface area contributed by atoms with E-state index in [2.05, 4.69) is 4.72 Å². The molecule has 0 unspecified atom stereocenters. The van der Waals surface area contributed by atoms with Crippen LogP contribution in [0.25, 0.3) is 0 Å². The highest BCUT2D eigenvalue weighted by Crippen LogP contribution is 2.24. The summed E-state index contributed by atoms with van der Waals surface area (Å²) in [5.74, 6) is 0. The van der Waals surface area contributed by atoms with Gasteiger partial charge in [-0.2, -0.15) is 5.26 Å². The molecule has 0 spiro atoms. The molecule has 1 aliphatic rings. The summed E-state index contributed by atoms with van der Waals surface area (Å²) in [5.41, 5.74) is 0.442. The Balaban J connectivity index is 2.04. The lowest BCUT2D eigenvalue weighted by Gasteiger charge is -2.34. The van der Waals surface area contributed by atoms with Crippen LogP contribution in [-0.2, 0) is 14.8 Å². The summed E-state index contributed by atoms with van der Waals surface area (Å²) >= 11 is 0. The molecule has 96 valence electrons. The molecule has 1 fully saturated rings. The van der Waals surface area contributed by atoms with Gasteiger partial charge in [-0.15, -0.1) is 0 Å². The largest absolute Gasteiger partial charge is 0.381 e. The number of sulfonamides is 1. The summed E-state index contributed by atoms with van der Waals surface area (Å²) in [6, 6.07) is 7.75. The number of nitrogens with zero attached hydrogens (tertiary/aromatic N) is 1. The van der Waals surface area contributed by atoms with Crippen molar-refractivity contribution in [3.8, 4) is 6.07 Å². The Morgan fingerprint density at radius 2 is 1.94 bits per heavy atom. The fraction of sp³-hybridized carbons (Fsp3) is 0.417. The average Bonchev–Trinajstić information content (AvgIpc) is 2.33. The summed E-state index contributed by atoms with van der Waals surface area (Å²) in [4.78, 5) is 0.183. The van der Waals surface area contributed by atoms with E-state index in [0.717, 1.165) is 0 Å². The molecular formula is C12H14N2O3S. The molecule has 2 rings (SSSR count). The molecule has 0 bridgehead atoms. The maximum Gasteiger partial charge on any atom is 0.240 e. The Bertz CT molecular complexity index is 554. The molecule has 0 radical (unpaired) electrons. The molecule has 0 atom stereocenters. The monoisotopic (exact) mass is 266 g/mol. The summed E-state index contributed by atoms with van der Waals surface area (Å²) < 4.78 is 31.7. The van der Waals surface area contributed by atoms with Crippen LogP contribution < -0.4 is 4.72 Å². The van der Waals surface area contributed by atoms with Crippen LogP contribution in [0.3, 0.4) is 0 Å². The van der Waals surface area contributed by atoms with Gasteiger partial charge in [0, 0.05) is 13.2 Å². The molecule has 0 aliphatic heterocycles. The first-order valence-corrected chi connectivity index (χ1v) is 7.09. The molecule has 1 aromatic rings. The summed E-state index contributed by atoms with van der Waals surface area (Å²) in [6.45, 7) is 0. The van der Waals surface area contributed by atoms with Crippen molar-refractivity contribution in [2.24, 2.45) is 0 Å². The zero-order valence-corrected chi connectivity index (χ0v) is 10.8. The van der Waals surface area contributed by atoms with Crippen LogP contribution in [0.15, 0.2) is 29.2 Å². The van der Waals surface area contributed by atoms with E-state index in [1.165, 1.54) is 24.3 Å². The zero-order chi connectivity index (χ0) is 13.2. The topological polar surface area (TPSA) is 79.2 Å². The molecule has 1 aliphatic carbocycles. The lowest BCUT2D eigenvalue weighted by Crippen LogP contribution is -2.47. The lowest BCUT2D eigenvalue weighted by atomic mass is 9.90. The standard InChI is InChI=1S/C12H14N2O3S/c1-17-11-6-10(7-11)14-18(15,16)12-4-2-9(8-13)3-5-12/h2-5,10-11,14H,6-7H2,1H3. The van der Waals surface area contributed by atoms with Crippen LogP contribution in [0.4, 0.5) is 0 Å². The maximum absolute atomic E-state index is 12.0. The summed E-state index contributed by atoms with van der Waals surface area (Å²) in [5, 5.41) is 8.65. The van der Waals surface area contributed by atoms with E-state index in [9.17, 15) is 8.42 Å². The molecule has 0 amide bonds. The van der Waals surface area contributed by atoms with Gasteiger partial charge >= 0.3 is 0 Å². The predicted molar refractivity (Wildman–Crippen MR) is 65.3 cm³/mol. The van der Waals surface area contributed by atoms with E-state index in [1.807, 2.05) is 6.07 Å². The quantitative estimate of drug-likeness (QED) is 0.882. The Morgan fingerprint density at radius 3 is 2.44 bits per heavy atom. The normalized spacial score (nSPS) is 23.1. The highest BCUT2D eigenvalue weighted by Gasteiger charge is 2.32. The third kappa shape index (κ3) is 2.70. The zero-order valence-electron chi connectivity index (χ0n) is 9.96. The van der Waals surface area contributed by atoms with E-state index in [0.29, 0.717) is 18.4 Å². The molecule has 18 heavy (non-hydrogen) atoms. The second-order valence-electron chi connectivity index (χ2n) is 4.28. The highest BCUT2D eigenvalue weighted by atomic mass is 32.2. The molecule has 0 heterocycles. The van der Waals surface area contributed by atoms with Crippen molar-refractivity contribution in [2.45, 2.75) is 29.9 Å². The molecule has 0 saturated heterocycles. The van der Waals surface area contributed by atoms with Gasteiger partial charge in [-0.1, -0.05) is 0 Å². The van der Waals surface area contributed by atoms with Crippen LogP contribution >= 0.6 is 0 Å². The van der Waals surface area contributed by atoms with Gasteiger partial charge in [0.2, 0.25) is 10.0 Å². The number of nitriles is 1. The van der Waals surface area contributed by atoms with Gasteiger partial charge < -0.3 is 4.74 Å². The Morgan fingerprint density at radius 1 is 1.33 bits per heavy atom. The van der Waals surface area contributed by atoms with Crippen molar-refractivity contribution >= 4 is 10.0 Å². The highest BCUT2D eigenvalue weighted by molar-refractivity contribution is 7.89. The van der Waals surface area contributed by atoms with Gasteiger partial charge in [0.05, 0.1) is 22.6 Å². The van der Waals surface area contributed by atoms with Gasteiger partial charge in [-0.25, -0.2) is 13.1 Å². The van der Waals surface area contributed by atoms with E-state index in [-0.39, 0.29) is 17.0 Å². The Labute approximate surface area is 106 Å².